The molecule has 2 rings (SSSR count). The van der Waals surface area contributed by atoms with E-state index in [0.717, 1.165) is 18.4 Å². The third-order valence-electron chi connectivity index (χ3n) is 4.42. The summed E-state index contributed by atoms with van der Waals surface area (Å²) in [4.78, 5) is 0. The first-order valence-corrected chi connectivity index (χ1v) is 6.96. The summed E-state index contributed by atoms with van der Waals surface area (Å²) in [6.45, 7) is 4.11. The molecule has 100 valence electrons. The summed E-state index contributed by atoms with van der Waals surface area (Å²) in [6, 6.07) is 6.54. The molecule has 0 aromatic heterocycles. The third kappa shape index (κ3) is 2.74. The molecule has 18 heavy (non-hydrogen) atoms. The molecular formula is C16H23FO. The Morgan fingerprint density at radius 3 is 2.22 bits per heavy atom. The summed E-state index contributed by atoms with van der Waals surface area (Å²) in [7, 11) is 0. The normalized spacial score (nSPS) is 19.8. The van der Waals surface area contributed by atoms with Gasteiger partial charge in [0.15, 0.2) is 0 Å². The molecule has 0 radical (unpaired) electrons. The van der Waals surface area contributed by atoms with Gasteiger partial charge in [-0.2, -0.15) is 0 Å². The fraction of sp³-hybridized carbons (Fsp3) is 0.625. The molecule has 1 atom stereocenters. The van der Waals surface area contributed by atoms with Crippen molar-refractivity contribution in [2.45, 2.75) is 57.5 Å². The van der Waals surface area contributed by atoms with Crippen LogP contribution < -0.4 is 0 Å². The molecule has 0 aliphatic heterocycles. The van der Waals surface area contributed by atoms with E-state index >= 15 is 0 Å². The van der Waals surface area contributed by atoms with E-state index < -0.39 is 0 Å². The lowest BCUT2D eigenvalue weighted by Gasteiger charge is -2.38. The predicted octanol–water partition coefficient (Wildman–Crippen LogP) is 4.04. The minimum atomic E-state index is -0.344. The van der Waals surface area contributed by atoms with Crippen LogP contribution >= 0.6 is 0 Å². The molecule has 0 spiro atoms. The zero-order chi connectivity index (χ0) is 13.2. The Kier molecular flexibility index (Phi) is 4.06. The standard InChI is InChI=1S/C16H23FO/c1-16(2,13-8-10-14(17)11-9-13)15(18)12-6-4-3-5-7-12/h8-12,15,18H,3-7H2,1-2H3. The van der Waals surface area contributed by atoms with Crippen molar-refractivity contribution in [2.24, 2.45) is 5.92 Å². The van der Waals surface area contributed by atoms with Crippen LogP contribution in [-0.4, -0.2) is 11.2 Å². The Morgan fingerprint density at radius 2 is 1.67 bits per heavy atom. The van der Waals surface area contributed by atoms with Crippen LogP contribution in [0.25, 0.3) is 0 Å². The number of benzene rings is 1. The Balaban J connectivity index is 2.15. The largest absolute Gasteiger partial charge is 0.392 e. The van der Waals surface area contributed by atoms with Gasteiger partial charge in [0, 0.05) is 5.41 Å². The molecule has 1 aromatic carbocycles. The highest BCUT2D eigenvalue weighted by molar-refractivity contribution is 5.26. The van der Waals surface area contributed by atoms with E-state index in [0.29, 0.717) is 5.92 Å². The van der Waals surface area contributed by atoms with Crippen molar-refractivity contribution in [1.29, 1.82) is 0 Å². The fourth-order valence-electron chi connectivity index (χ4n) is 3.09. The zero-order valence-electron chi connectivity index (χ0n) is 11.3. The van der Waals surface area contributed by atoms with Crippen LogP contribution in [0.2, 0.25) is 0 Å². The molecule has 1 N–H and O–H groups in total. The smallest absolute Gasteiger partial charge is 0.123 e. The Hall–Kier alpha value is -0.890. The van der Waals surface area contributed by atoms with Crippen LogP contribution in [0.15, 0.2) is 24.3 Å². The average Bonchev–Trinajstić information content (AvgIpc) is 2.39. The van der Waals surface area contributed by atoms with E-state index in [-0.39, 0.29) is 17.3 Å². The van der Waals surface area contributed by atoms with Crippen LogP contribution in [0.5, 0.6) is 0 Å². The van der Waals surface area contributed by atoms with Crippen molar-refractivity contribution in [3.8, 4) is 0 Å². The summed E-state index contributed by atoms with van der Waals surface area (Å²) in [5.74, 6) is 0.167. The quantitative estimate of drug-likeness (QED) is 0.858. The fourth-order valence-corrected chi connectivity index (χ4v) is 3.09. The number of hydrogen-bond donors (Lipinski definition) is 1. The first-order valence-electron chi connectivity index (χ1n) is 6.96. The van der Waals surface area contributed by atoms with Gasteiger partial charge in [0.05, 0.1) is 6.10 Å². The molecule has 0 heterocycles. The maximum Gasteiger partial charge on any atom is 0.123 e. The van der Waals surface area contributed by atoms with Gasteiger partial charge in [0.2, 0.25) is 0 Å². The van der Waals surface area contributed by atoms with E-state index in [9.17, 15) is 9.50 Å². The lowest BCUT2D eigenvalue weighted by molar-refractivity contribution is 0.0269. The van der Waals surface area contributed by atoms with Crippen molar-refractivity contribution in [3.63, 3.8) is 0 Å². The van der Waals surface area contributed by atoms with Crippen LogP contribution in [0, 0.1) is 11.7 Å². The molecule has 1 aliphatic carbocycles. The van der Waals surface area contributed by atoms with Crippen molar-refractivity contribution >= 4 is 0 Å². The number of halogens is 1. The van der Waals surface area contributed by atoms with Crippen molar-refractivity contribution in [1.82, 2.24) is 0 Å². The Labute approximate surface area is 109 Å². The van der Waals surface area contributed by atoms with Gasteiger partial charge in [-0.25, -0.2) is 4.39 Å². The van der Waals surface area contributed by atoms with Crippen LogP contribution in [0.3, 0.4) is 0 Å². The summed E-state index contributed by atoms with van der Waals surface area (Å²) in [5, 5.41) is 10.6. The number of aliphatic hydroxyl groups excluding tert-OH is 1. The predicted molar refractivity (Wildman–Crippen MR) is 72.0 cm³/mol. The Bertz CT molecular complexity index is 377. The van der Waals surface area contributed by atoms with Gasteiger partial charge in [0.1, 0.15) is 5.82 Å². The summed E-state index contributed by atoms with van der Waals surface area (Å²) in [6.07, 6.45) is 5.63. The molecule has 1 fully saturated rings. The zero-order valence-corrected chi connectivity index (χ0v) is 11.3. The molecule has 2 heteroatoms. The van der Waals surface area contributed by atoms with E-state index in [1.54, 1.807) is 12.1 Å². The van der Waals surface area contributed by atoms with Crippen molar-refractivity contribution in [3.05, 3.63) is 35.6 Å². The number of hydrogen-bond acceptors (Lipinski definition) is 1. The topological polar surface area (TPSA) is 20.2 Å². The first-order chi connectivity index (χ1) is 8.51. The maximum atomic E-state index is 13.0. The number of rotatable bonds is 3. The maximum absolute atomic E-state index is 13.0. The first kappa shape index (κ1) is 13.5. The molecule has 1 saturated carbocycles. The average molecular weight is 250 g/mol. The highest BCUT2D eigenvalue weighted by Gasteiger charge is 2.35. The van der Waals surface area contributed by atoms with Gasteiger partial charge in [-0.1, -0.05) is 45.2 Å². The van der Waals surface area contributed by atoms with Gasteiger partial charge in [-0.15, -0.1) is 0 Å². The van der Waals surface area contributed by atoms with Gasteiger partial charge in [0.25, 0.3) is 0 Å². The van der Waals surface area contributed by atoms with Gasteiger partial charge >= 0.3 is 0 Å². The van der Waals surface area contributed by atoms with Crippen LogP contribution in [0.1, 0.15) is 51.5 Å². The van der Waals surface area contributed by atoms with E-state index in [4.69, 9.17) is 0 Å². The van der Waals surface area contributed by atoms with Gasteiger partial charge < -0.3 is 5.11 Å². The summed E-state index contributed by atoms with van der Waals surface area (Å²) < 4.78 is 13.0. The lowest BCUT2D eigenvalue weighted by Crippen LogP contribution is -2.40. The molecule has 0 saturated heterocycles. The van der Waals surface area contributed by atoms with Crippen LogP contribution in [0.4, 0.5) is 4.39 Å². The minimum Gasteiger partial charge on any atom is -0.392 e. The molecule has 0 amide bonds. The van der Waals surface area contributed by atoms with E-state index in [1.807, 2.05) is 0 Å². The molecule has 1 unspecified atom stereocenters. The molecule has 1 aliphatic rings. The second-order valence-corrected chi connectivity index (χ2v) is 6.07. The van der Waals surface area contributed by atoms with E-state index in [1.165, 1.54) is 31.4 Å². The van der Waals surface area contributed by atoms with E-state index in [2.05, 4.69) is 13.8 Å². The lowest BCUT2D eigenvalue weighted by atomic mass is 9.70. The van der Waals surface area contributed by atoms with Crippen molar-refractivity contribution in [2.75, 3.05) is 0 Å². The highest BCUT2D eigenvalue weighted by atomic mass is 19.1. The van der Waals surface area contributed by atoms with Gasteiger partial charge in [-0.05, 0) is 36.5 Å². The Morgan fingerprint density at radius 1 is 1.11 bits per heavy atom. The highest BCUT2D eigenvalue weighted by Crippen LogP contribution is 2.37. The SMILES string of the molecule is CC(C)(c1ccc(F)cc1)C(O)C1CCCCC1. The van der Waals surface area contributed by atoms with Gasteiger partial charge in [-0.3, -0.25) is 0 Å². The summed E-state index contributed by atoms with van der Waals surface area (Å²) >= 11 is 0. The third-order valence-corrected chi connectivity index (χ3v) is 4.42. The van der Waals surface area contributed by atoms with Crippen LogP contribution in [-0.2, 0) is 5.41 Å². The second kappa shape index (κ2) is 5.40. The second-order valence-electron chi connectivity index (χ2n) is 6.07. The summed E-state index contributed by atoms with van der Waals surface area (Å²) in [5.41, 5.74) is 0.706. The molecule has 1 nitrogen and oxygen atoms in total. The molecule has 0 bridgehead atoms. The number of aliphatic hydroxyl groups is 1. The van der Waals surface area contributed by atoms with Crippen molar-refractivity contribution < 1.29 is 9.50 Å². The monoisotopic (exact) mass is 250 g/mol. The molecule has 1 aromatic rings. The minimum absolute atomic E-state index is 0.221. The molecular weight excluding hydrogens is 227 g/mol.